The zero-order valence-corrected chi connectivity index (χ0v) is 10.1. The van der Waals surface area contributed by atoms with E-state index in [1.807, 2.05) is 18.2 Å². The molecule has 0 bridgehead atoms. The second-order valence-electron chi connectivity index (χ2n) is 3.10. The maximum Gasteiger partial charge on any atom is 0.213 e. The Morgan fingerprint density at radius 1 is 1.50 bits per heavy atom. The number of aromatic nitrogens is 1. The topological polar surface area (TPSA) is 25.4 Å². The number of methoxy groups -OCH3 is 1. The molecule has 78 valence electrons. The fourth-order valence-electron chi connectivity index (χ4n) is 1.16. The summed E-state index contributed by atoms with van der Waals surface area (Å²) in [6.07, 6.45) is 0. The third-order valence-electron chi connectivity index (χ3n) is 1.89. The first-order valence-corrected chi connectivity index (χ1v) is 5.63. The largest absolute Gasteiger partial charge is 0.481 e. The number of hydrogen-bond acceptors (Lipinski definition) is 3. The fraction of sp³-hybridized carbons (Fsp3) is 0.500. The fourth-order valence-corrected chi connectivity index (χ4v) is 1.76. The normalized spacial score (nSPS) is 10.6. The van der Waals surface area contributed by atoms with E-state index in [0.29, 0.717) is 5.88 Å². The molecule has 0 saturated heterocycles. The Morgan fingerprint density at radius 2 is 2.29 bits per heavy atom. The molecule has 0 saturated carbocycles. The van der Waals surface area contributed by atoms with Gasteiger partial charge in [-0.15, -0.1) is 0 Å². The highest BCUT2D eigenvalue weighted by Crippen LogP contribution is 2.08. The van der Waals surface area contributed by atoms with E-state index >= 15 is 0 Å². The molecule has 4 heteroatoms. The molecule has 0 N–H and O–H groups in total. The van der Waals surface area contributed by atoms with Crippen molar-refractivity contribution in [2.75, 3.05) is 26.0 Å². The third-order valence-corrected chi connectivity index (χ3v) is 2.24. The maximum atomic E-state index is 5.06. The molecule has 0 atom stereocenters. The molecule has 1 heterocycles. The Labute approximate surface area is 93.2 Å². The molecule has 3 nitrogen and oxygen atoms in total. The van der Waals surface area contributed by atoms with Crippen LogP contribution in [0.4, 0.5) is 0 Å². The van der Waals surface area contributed by atoms with Gasteiger partial charge in [-0.3, -0.25) is 4.90 Å². The summed E-state index contributed by atoms with van der Waals surface area (Å²) in [6.45, 7) is 1.86. The molecule has 0 aliphatic rings. The summed E-state index contributed by atoms with van der Waals surface area (Å²) in [5.41, 5.74) is 1.04. The standard InChI is InChI=1S/C10H15BrN2O/c1-13(7-6-11)8-9-4-3-5-10(12-9)14-2/h3-5H,6-8H2,1-2H3. The van der Waals surface area contributed by atoms with Gasteiger partial charge >= 0.3 is 0 Å². The van der Waals surface area contributed by atoms with Crippen molar-refractivity contribution in [2.24, 2.45) is 0 Å². The van der Waals surface area contributed by atoms with E-state index < -0.39 is 0 Å². The van der Waals surface area contributed by atoms with Crippen LogP contribution < -0.4 is 4.74 Å². The summed E-state index contributed by atoms with van der Waals surface area (Å²) in [4.78, 5) is 6.54. The molecule has 0 aliphatic carbocycles. The van der Waals surface area contributed by atoms with Crippen LogP contribution in [0.1, 0.15) is 5.69 Å². The second kappa shape index (κ2) is 5.98. The maximum absolute atomic E-state index is 5.06. The highest BCUT2D eigenvalue weighted by Gasteiger charge is 2.01. The summed E-state index contributed by atoms with van der Waals surface area (Å²) in [7, 11) is 3.71. The number of hydrogen-bond donors (Lipinski definition) is 0. The van der Waals surface area contributed by atoms with E-state index in [4.69, 9.17) is 4.74 Å². The van der Waals surface area contributed by atoms with Crippen LogP contribution in [-0.4, -0.2) is 35.9 Å². The molecule has 0 aliphatic heterocycles. The van der Waals surface area contributed by atoms with Gasteiger partial charge in [0.05, 0.1) is 12.8 Å². The van der Waals surface area contributed by atoms with E-state index in [1.54, 1.807) is 7.11 Å². The summed E-state index contributed by atoms with van der Waals surface area (Å²) in [6, 6.07) is 5.82. The summed E-state index contributed by atoms with van der Waals surface area (Å²) < 4.78 is 5.06. The first-order chi connectivity index (χ1) is 6.76. The first-order valence-electron chi connectivity index (χ1n) is 4.50. The molecule has 0 unspecified atom stereocenters. The molecule has 14 heavy (non-hydrogen) atoms. The van der Waals surface area contributed by atoms with Crippen LogP contribution in [0.25, 0.3) is 0 Å². The number of nitrogens with zero attached hydrogens (tertiary/aromatic N) is 2. The number of rotatable bonds is 5. The van der Waals surface area contributed by atoms with Crippen molar-refractivity contribution in [1.29, 1.82) is 0 Å². The highest BCUT2D eigenvalue weighted by atomic mass is 79.9. The average molecular weight is 259 g/mol. The van der Waals surface area contributed by atoms with E-state index in [-0.39, 0.29) is 0 Å². The van der Waals surface area contributed by atoms with Crippen LogP contribution in [0.3, 0.4) is 0 Å². The number of halogens is 1. The molecule has 0 radical (unpaired) electrons. The molecule has 0 amide bonds. The molecule has 1 rings (SSSR count). The second-order valence-corrected chi connectivity index (χ2v) is 3.89. The zero-order chi connectivity index (χ0) is 10.4. The summed E-state index contributed by atoms with van der Waals surface area (Å²) >= 11 is 3.40. The lowest BCUT2D eigenvalue weighted by atomic mass is 10.3. The minimum atomic E-state index is 0.676. The van der Waals surface area contributed by atoms with Gasteiger partial charge < -0.3 is 4.74 Å². The van der Waals surface area contributed by atoms with Crippen molar-refractivity contribution in [3.63, 3.8) is 0 Å². The van der Waals surface area contributed by atoms with Crippen molar-refractivity contribution in [3.05, 3.63) is 23.9 Å². The van der Waals surface area contributed by atoms with E-state index in [0.717, 1.165) is 24.1 Å². The van der Waals surface area contributed by atoms with Gasteiger partial charge in [-0.25, -0.2) is 4.98 Å². The average Bonchev–Trinajstić information content (AvgIpc) is 2.18. The summed E-state index contributed by atoms with van der Waals surface area (Å²) in [5.74, 6) is 0.676. The van der Waals surface area contributed by atoms with Crippen LogP contribution in [0.5, 0.6) is 5.88 Å². The smallest absolute Gasteiger partial charge is 0.213 e. The van der Waals surface area contributed by atoms with Crippen molar-refractivity contribution in [2.45, 2.75) is 6.54 Å². The van der Waals surface area contributed by atoms with Crippen molar-refractivity contribution in [1.82, 2.24) is 9.88 Å². The Kier molecular flexibility index (Phi) is 4.90. The Morgan fingerprint density at radius 3 is 2.93 bits per heavy atom. The number of pyridine rings is 1. The number of alkyl halides is 1. The lowest BCUT2D eigenvalue weighted by Gasteiger charge is -2.14. The quantitative estimate of drug-likeness (QED) is 0.755. The Balaban J connectivity index is 2.57. The minimum absolute atomic E-state index is 0.676. The molecule has 0 aromatic carbocycles. The van der Waals surface area contributed by atoms with Crippen LogP contribution in [0.15, 0.2) is 18.2 Å². The Hall–Kier alpha value is -0.610. The number of ether oxygens (including phenoxy) is 1. The lowest BCUT2D eigenvalue weighted by Crippen LogP contribution is -2.20. The van der Waals surface area contributed by atoms with Gasteiger partial charge in [-0.05, 0) is 13.1 Å². The van der Waals surface area contributed by atoms with E-state index in [9.17, 15) is 0 Å². The van der Waals surface area contributed by atoms with Gasteiger partial charge in [0.1, 0.15) is 0 Å². The summed E-state index contributed by atoms with van der Waals surface area (Å²) in [5, 5.41) is 0.980. The molecular weight excluding hydrogens is 244 g/mol. The van der Waals surface area contributed by atoms with Crippen molar-refractivity contribution < 1.29 is 4.74 Å². The highest BCUT2D eigenvalue weighted by molar-refractivity contribution is 9.09. The molecular formula is C10H15BrN2O. The Bertz CT molecular complexity index is 281. The van der Waals surface area contributed by atoms with Crippen LogP contribution >= 0.6 is 15.9 Å². The van der Waals surface area contributed by atoms with Crippen molar-refractivity contribution in [3.8, 4) is 5.88 Å². The monoisotopic (exact) mass is 258 g/mol. The molecule has 1 aromatic rings. The van der Waals surface area contributed by atoms with Gasteiger partial charge in [-0.1, -0.05) is 22.0 Å². The van der Waals surface area contributed by atoms with Gasteiger partial charge in [0.25, 0.3) is 0 Å². The van der Waals surface area contributed by atoms with Gasteiger partial charge in [0.2, 0.25) is 5.88 Å². The van der Waals surface area contributed by atoms with E-state index in [1.165, 1.54) is 0 Å². The first kappa shape index (κ1) is 11.5. The van der Waals surface area contributed by atoms with Gasteiger partial charge in [0, 0.05) is 24.5 Å². The zero-order valence-electron chi connectivity index (χ0n) is 8.53. The van der Waals surface area contributed by atoms with Crippen molar-refractivity contribution >= 4 is 15.9 Å². The van der Waals surface area contributed by atoms with Crippen LogP contribution in [-0.2, 0) is 6.54 Å². The predicted octanol–water partition coefficient (Wildman–Crippen LogP) is 1.92. The van der Waals surface area contributed by atoms with Gasteiger partial charge in [0.15, 0.2) is 0 Å². The van der Waals surface area contributed by atoms with Crippen LogP contribution in [0, 0.1) is 0 Å². The van der Waals surface area contributed by atoms with Crippen LogP contribution in [0.2, 0.25) is 0 Å². The lowest BCUT2D eigenvalue weighted by molar-refractivity contribution is 0.339. The molecule has 0 spiro atoms. The van der Waals surface area contributed by atoms with E-state index in [2.05, 4.69) is 32.9 Å². The predicted molar refractivity (Wildman–Crippen MR) is 60.9 cm³/mol. The minimum Gasteiger partial charge on any atom is -0.481 e. The van der Waals surface area contributed by atoms with Gasteiger partial charge in [-0.2, -0.15) is 0 Å². The SMILES string of the molecule is COc1cccc(CN(C)CCBr)n1. The third kappa shape index (κ3) is 3.64. The molecule has 0 fully saturated rings. The molecule has 1 aromatic heterocycles.